The zero-order valence-corrected chi connectivity index (χ0v) is 41.2. The number of aliphatic hydroxyl groups is 1. The summed E-state index contributed by atoms with van der Waals surface area (Å²) in [5.41, 5.74) is 5.43. The SMILES string of the molecule is CO[Si](C)(CNC(=S)Nc1ccc(NC(=S)NCCO)cc1)O[Si](C)(CNC(=S)Nc1ccc(NC(=S)NCCCNC(C=O)(C=O)CCC(C=O)(C=O)NCCCN)cc1)OC. The maximum atomic E-state index is 11.9. The van der Waals surface area contributed by atoms with Crippen molar-refractivity contribution in [1.82, 2.24) is 31.9 Å². The molecule has 0 heterocycles. The summed E-state index contributed by atoms with van der Waals surface area (Å²) in [4.78, 5) is 47.3. The van der Waals surface area contributed by atoms with Gasteiger partial charge in [-0.1, -0.05) is 0 Å². The minimum atomic E-state index is -2.85. The van der Waals surface area contributed by atoms with Gasteiger partial charge in [0.15, 0.2) is 20.4 Å². The number of rotatable bonds is 30. The fraction of sp³-hybridized carbons (Fsp3) is 0.474. The summed E-state index contributed by atoms with van der Waals surface area (Å²) in [6, 6.07) is 14.7. The van der Waals surface area contributed by atoms with Gasteiger partial charge in [0, 0.05) is 50.1 Å². The lowest BCUT2D eigenvalue weighted by molar-refractivity contribution is -0.127. The molecule has 0 aromatic heterocycles. The van der Waals surface area contributed by atoms with Gasteiger partial charge < -0.3 is 85.5 Å². The Labute approximate surface area is 392 Å². The number of benzene rings is 2. The summed E-state index contributed by atoms with van der Waals surface area (Å²) in [5.74, 6) is 0. The zero-order valence-electron chi connectivity index (χ0n) is 35.9. The molecule has 2 unspecified atom stereocenters. The number of hydrogen-bond donors (Lipinski definition) is 12. The fourth-order valence-electron chi connectivity index (χ4n) is 5.47. The highest BCUT2D eigenvalue weighted by molar-refractivity contribution is 7.81. The van der Waals surface area contributed by atoms with Gasteiger partial charge >= 0.3 is 17.1 Å². The largest absolute Gasteiger partial charge is 0.413 e. The van der Waals surface area contributed by atoms with Crippen molar-refractivity contribution in [2.45, 2.75) is 49.9 Å². The van der Waals surface area contributed by atoms with Gasteiger partial charge in [0.05, 0.1) is 18.9 Å². The highest BCUT2D eigenvalue weighted by Gasteiger charge is 2.43. The van der Waals surface area contributed by atoms with Crippen molar-refractivity contribution in [3.63, 3.8) is 0 Å². The second-order valence-electron chi connectivity index (χ2n) is 14.4. The molecule has 0 bridgehead atoms. The van der Waals surface area contributed by atoms with Crippen molar-refractivity contribution in [2.24, 2.45) is 5.73 Å². The number of thiocarbonyl (C=S) groups is 4. The molecule has 0 aliphatic heterocycles. The predicted octanol–water partition coefficient (Wildman–Crippen LogP) is 1.03. The molecule has 0 amide bonds. The second-order valence-corrected chi connectivity index (χ2v) is 22.9. The third-order valence-corrected chi connectivity index (χ3v) is 17.2. The topological polar surface area (TPSA) is 263 Å². The molecule has 2 aromatic rings. The van der Waals surface area contributed by atoms with E-state index in [4.69, 9.17) is 72.7 Å². The molecule has 63 heavy (non-hydrogen) atoms. The molecule has 0 saturated heterocycles. The molecular weight excluding hydrogens is 923 g/mol. The minimum Gasteiger partial charge on any atom is -0.413 e. The van der Waals surface area contributed by atoms with Gasteiger partial charge in [-0.3, -0.25) is 10.6 Å². The molecule has 0 aliphatic carbocycles. The number of hydrogen-bond acceptors (Lipinski definition) is 15. The number of anilines is 4. The highest BCUT2D eigenvalue weighted by Crippen LogP contribution is 2.19. The molecule has 19 nitrogen and oxygen atoms in total. The van der Waals surface area contributed by atoms with Crippen LogP contribution in [0.25, 0.3) is 0 Å². The quantitative estimate of drug-likeness (QED) is 0.0172. The lowest BCUT2D eigenvalue weighted by Gasteiger charge is -2.35. The number of nitrogens with two attached hydrogens (primary N) is 1. The molecule has 2 atom stereocenters. The first-order valence-corrected chi connectivity index (χ1v) is 26.6. The molecule has 25 heteroatoms. The fourth-order valence-corrected chi connectivity index (χ4v) is 12.7. The predicted molar refractivity (Wildman–Crippen MR) is 268 cm³/mol. The first-order valence-electron chi connectivity index (χ1n) is 19.9. The lowest BCUT2D eigenvalue weighted by atomic mass is 9.87. The zero-order chi connectivity index (χ0) is 46.8. The first kappa shape index (κ1) is 55.2. The highest BCUT2D eigenvalue weighted by atomic mass is 32.1. The Morgan fingerprint density at radius 3 is 1.24 bits per heavy atom. The Morgan fingerprint density at radius 1 is 0.587 bits per heavy atom. The van der Waals surface area contributed by atoms with Gasteiger partial charge in [-0.2, -0.15) is 0 Å². The number of carbonyl (C=O) groups excluding carboxylic acids is 4. The van der Waals surface area contributed by atoms with Crippen molar-refractivity contribution < 1.29 is 37.3 Å². The van der Waals surface area contributed by atoms with Gasteiger partial charge in [0.25, 0.3) is 0 Å². The third-order valence-electron chi connectivity index (χ3n) is 9.36. The Hall–Kier alpha value is -3.97. The summed E-state index contributed by atoms with van der Waals surface area (Å²) >= 11 is 21.7. The maximum Gasteiger partial charge on any atom is 0.345 e. The van der Waals surface area contributed by atoms with E-state index in [1.165, 1.54) is 0 Å². The van der Waals surface area contributed by atoms with Crippen LogP contribution < -0.4 is 58.9 Å². The third kappa shape index (κ3) is 20.6. The summed E-state index contributed by atoms with van der Waals surface area (Å²) in [7, 11) is -2.48. The van der Waals surface area contributed by atoms with Crippen molar-refractivity contribution in [3.8, 4) is 0 Å². The molecule has 0 spiro atoms. The molecule has 0 fully saturated rings. The monoisotopic (exact) mass is 983 g/mol. The van der Waals surface area contributed by atoms with E-state index in [1.807, 2.05) is 61.6 Å². The average molecular weight is 984 g/mol. The van der Waals surface area contributed by atoms with Crippen LogP contribution in [0.1, 0.15) is 25.7 Å². The molecular formula is C38H61N11O8S4Si2. The maximum absolute atomic E-state index is 11.9. The number of aliphatic hydroxyl groups excluding tert-OH is 1. The Bertz CT molecular complexity index is 1790. The van der Waals surface area contributed by atoms with Crippen LogP contribution in [-0.4, -0.2) is 145 Å². The van der Waals surface area contributed by atoms with E-state index in [0.29, 0.717) is 97.0 Å². The number of carbonyl (C=O) groups is 4. The van der Waals surface area contributed by atoms with E-state index < -0.39 is 28.2 Å². The number of nitrogens with one attached hydrogen (secondary N) is 10. The molecule has 0 saturated carbocycles. The molecule has 2 rings (SSSR count). The van der Waals surface area contributed by atoms with Gasteiger partial charge in [-0.15, -0.1) is 0 Å². The van der Waals surface area contributed by atoms with Crippen molar-refractivity contribution in [3.05, 3.63) is 48.5 Å². The summed E-state index contributed by atoms with van der Waals surface area (Å²) in [5, 5.41) is 41.1. The van der Waals surface area contributed by atoms with Crippen molar-refractivity contribution in [1.29, 1.82) is 0 Å². The second kappa shape index (κ2) is 28.7. The first-order chi connectivity index (χ1) is 30.1. The Balaban J connectivity index is 1.79. The van der Waals surface area contributed by atoms with Gasteiger partial charge in [0.2, 0.25) is 0 Å². The minimum absolute atomic E-state index is 0.0186. The van der Waals surface area contributed by atoms with E-state index >= 15 is 0 Å². The Morgan fingerprint density at radius 2 is 0.921 bits per heavy atom. The van der Waals surface area contributed by atoms with Crippen LogP contribution >= 0.6 is 48.9 Å². The van der Waals surface area contributed by atoms with Crippen LogP contribution in [0.5, 0.6) is 0 Å². The van der Waals surface area contributed by atoms with Gasteiger partial charge in [-0.25, -0.2) is 0 Å². The molecule has 0 aliphatic rings. The Kier molecular flexibility index (Phi) is 25.2. The van der Waals surface area contributed by atoms with Crippen LogP contribution in [0.3, 0.4) is 0 Å². The normalized spacial score (nSPS) is 13.2. The van der Waals surface area contributed by atoms with Crippen molar-refractivity contribution >= 4 is 134 Å². The smallest absolute Gasteiger partial charge is 0.345 e. The summed E-state index contributed by atoms with van der Waals surface area (Å²) in [6.45, 7) is 5.61. The van der Waals surface area contributed by atoms with Gasteiger partial charge in [0.1, 0.15) is 36.2 Å². The van der Waals surface area contributed by atoms with E-state index in [2.05, 4.69) is 53.2 Å². The van der Waals surface area contributed by atoms with E-state index in [0.717, 1.165) is 22.7 Å². The van der Waals surface area contributed by atoms with Crippen LogP contribution in [0, 0.1) is 0 Å². The standard InChI is InChI=1S/C38H61N11O8S4Si2/c1-55-62(3,57-63(4,56-2)28-43-36(61)49-32-13-9-30(10-14-32)47-34(59)41-21-22-50)27-42-35(60)48-31-11-7-29(8-12-31)46-33(58)40-18-6-20-45-38(25-53,26-54)16-15-37(23-51,24-52)44-19-5-17-39/h7-14,23-26,44-45,50H,5-6,15-22,27-28,39H2,1-4H3,(H2,40,46,58)(H2,41,47,59)(H2,42,48,60)(H2,43,49,61). The van der Waals surface area contributed by atoms with Crippen LogP contribution in [0.2, 0.25) is 13.1 Å². The molecule has 2 aromatic carbocycles. The van der Waals surface area contributed by atoms with Crippen LogP contribution in [0.4, 0.5) is 22.7 Å². The van der Waals surface area contributed by atoms with Crippen molar-refractivity contribution in [2.75, 3.05) is 87.2 Å². The van der Waals surface area contributed by atoms with Crippen LogP contribution in [-0.2, 0) is 32.1 Å². The summed E-state index contributed by atoms with van der Waals surface area (Å²) < 4.78 is 18.3. The molecule has 348 valence electrons. The summed E-state index contributed by atoms with van der Waals surface area (Å²) in [6.07, 6.45) is 3.59. The molecule has 0 radical (unpaired) electrons. The molecule has 13 N–H and O–H groups in total. The van der Waals surface area contributed by atoms with Gasteiger partial charge in [-0.05, 0) is 156 Å². The average Bonchev–Trinajstić information content (AvgIpc) is 3.28. The van der Waals surface area contributed by atoms with Crippen LogP contribution in [0.15, 0.2) is 48.5 Å². The lowest BCUT2D eigenvalue weighted by Crippen LogP contribution is -2.61. The van der Waals surface area contributed by atoms with E-state index in [9.17, 15) is 19.2 Å². The number of aldehydes is 4. The van der Waals surface area contributed by atoms with E-state index in [-0.39, 0.29) is 26.0 Å². The van der Waals surface area contributed by atoms with E-state index in [1.54, 1.807) is 14.2 Å².